The van der Waals surface area contributed by atoms with Gasteiger partial charge in [0.05, 0.1) is 5.56 Å². The minimum absolute atomic E-state index is 0.0526. The van der Waals surface area contributed by atoms with Gasteiger partial charge in [-0.05, 0) is 49.2 Å². The Bertz CT molecular complexity index is 601. The summed E-state index contributed by atoms with van der Waals surface area (Å²) in [5, 5.41) is 10.0. The monoisotopic (exact) mass is 241 g/mol. The van der Waals surface area contributed by atoms with Crippen molar-refractivity contribution in [2.45, 2.75) is 13.8 Å². The molecular weight excluding hydrogens is 226 g/mol. The minimum Gasteiger partial charge on any atom is -0.507 e. The van der Waals surface area contributed by atoms with Gasteiger partial charge in [0.2, 0.25) is 0 Å². The molecule has 3 heteroatoms. The number of hydrogen-bond acceptors (Lipinski definition) is 3. The molecule has 2 aromatic carbocycles. The van der Waals surface area contributed by atoms with Crippen LogP contribution in [0.5, 0.6) is 5.75 Å². The van der Waals surface area contributed by atoms with Gasteiger partial charge < -0.3 is 10.8 Å². The molecule has 18 heavy (non-hydrogen) atoms. The standard InChI is InChI=1S/C15H15NO2/c1-9-3-4-10(2)14(17)13(9)15(18)11-5-7-12(16)8-6-11/h3-8,17H,16H2,1-2H3. The summed E-state index contributed by atoms with van der Waals surface area (Å²) in [5.74, 6) is -0.134. The Labute approximate surface area is 106 Å². The van der Waals surface area contributed by atoms with Crippen LogP contribution in [0.2, 0.25) is 0 Å². The molecule has 2 aromatic rings. The number of rotatable bonds is 2. The van der Waals surface area contributed by atoms with Crippen LogP contribution in [0.1, 0.15) is 27.0 Å². The van der Waals surface area contributed by atoms with Gasteiger partial charge >= 0.3 is 0 Å². The molecule has 0 aromatic heterocycles. The Morgan fingerprint density at radius 1 is 1.00 bits per heavy atom. The fourth-order valence-corrected chi connectivity index (χ4v) is 1.86. The molecule has 0 aliphatic heterocycles. The Morgan fingerprint density at radius 3 is 2.17 bits per heavy atom. The van der Waals surface area contributed by atoms with E-state index < -0.39 is 0 Å². The van der Waals surface area contributed by atoms with Crippen molar-refractivity contribution in [3.8, 4) is 5.75 Å². The highest BCUT2D eigenvalue weighted by molar-refractivity contribution is 6.11. The second kappa shape index (κ2) is 4.53. The maximum absolute atomic E-state index is 12.4. The molecule has 0 spiro atoms. The van der Waals surface area contributed by atoms with E-state index in [1.54, 1.807) is 37.3 Å². The third-order valence-corrected chi connectivity index (χ3v) is 2.99. The minimum atomic E-state index is -0.186. The second-order valence-corrected chi connectivity index (χ2v) is 4.37. The van der Waals surface area contributed by atoms with Gasteiger partial charge in [-0.3, -0.25) is 4.79 Å². The molecule has 0 heterocycles. The van der Waals surface area contributed by atoms with Gasteiger partial charge in [0.15, 0.2) is 5.78 Å². The fraction of sp³-hybridized carbons (Fsp3) is 0.133. The Hall–Kier alpha value is -2.29. The summed E-state index contributed by atoms with van der Waals surface area (Å²) in [6, 6.07) is 10.3. The van der Waals surface area contributed by atoms with Gasteiger partial charge in [0, 0.05) is 11.3 Å². The van der Waals surface area contributed by atoms with Crippen LogP contribution in [0.25, 0.3) is 0 Å². The molecule has 0 radical (unpaired) electrons. The summed E-state index contributed by atoms with van der Waals surface area (Å²) in [6.07, 6.45) is 0. The highest BCUT2D eigenvalue weighted by atomic mass is 16.3. The predicted molar refractivity (Wildman–Crippen MR) is 71.9 cm³/mol. The summed E-state index contributed by atoms with van der Waals surface area (Å²) in [6.45, 7) is 3.58. The van der Waals surface area contributed by atoms with Crippen molar-refractivity contribution in [3.05, 3.63) is 58.7 Å². The number of ketones is 1. The molecule has 0 fully saturated rings. The first-order chi connectivity index (χ1) is 8.50. The molecule has 0 saturated carbocycles. The van der Waals surface area contributed by atoms with E-state index in [1.807, 2.05) is 13.0 Å². The summed E-state index contributed by atoms with van der Waals surface area (Å²) < 4.78 is 0. The number of aromatic hydroxyl groups is 1. The molecule has 0 aliphatic carbocycles. The van der Waals surface area contributed by atoms with E-state index in [0.717, 1.165) is 5.56 Å². The van der Waals surface area contributed by atoms with Crippen molar-refractivity contribution in [2.75, 3.05) is 5.73 Å². The van der Waals surface area contributed by atoms with Gasteiger partial charge in [0.25, 0.3) is 0 Å². The zero-order chi connectivity index (χ0) is 13.3. The Morgan fingerprint density at radius 2 is 1.56 bits per heavy atom. The lowest BCUT2D eigenvalue weighted by atomic mass is 9.96. The maximum Gasteiger partial charge on any atom is 0.197 e. The molecule has 0 unspecified atom stereocenters. The van der Waals surface area contributed by atoms with Crippen molar-refractivity contribution in [1.29, 1.82) is 0 Å². The lowest BCUT2D eigenvalue weighted by molar-refractivity contribution is 0.103. The van der Waals surface area contributed by atoms with Crippen molar-refractivity contribution < 1.29 is 9.90 Å². The first-order valence-corrected chi connectivity index (χ1v) is 5.70. The van der Waals surface area contributed by atoms with Crippen LogP contribution in [0, 0.1) is 13.8 Å². The van der Waals surface area contributed by atoms with Crippen molar-refractivity contribution in [1.82, 2.24) is 0 Å². The number of aryl methyl sites for hydroxylation is 2. The number of benzene rings is 2. The fourth-order valence-electron chi connectivity index (χ4n) is 1.86. The van der Waals surface area contributed by atoms with Crippen LogP contribution in [0.15, 0.2) is 36.4 Å². The molecule has 0 atom stereocenters. The third-order valence-electron chi connectivity index (χ3n) is 2.99. The number of hydrogen-bond donors (Lipinski definition) is 2. The summed E-state index contributed by atoms with van der Waals surface area (Å²) in [5.41, 5.74) is 8.54. The van der Waals surface area contributed by atoms with E-state index in [1.165, 1.54) is 0 Å². The van der Waals surface area contributed by atoms with Crippen LogP contribution in [-0.2, 0) is 0 Å². The number of carbonyl (C=O) groups excluding carboxylic acids is 1. The largest absolute Gasteiger partial charge is 0.507 e. The van der Waals surface area contributed by atoms with Crippen molar-refractivity contribution in [3.63, 3.8) is 0 Å². The summed E-state index contributed by atoms with van der Waals surface area (Å²) in [4.78, 5) is 12.4. The lowest BCUT2D eigenvalue weighted by Crippen LogP contribution is -2.05. The molecule has 2 rings (SSSR count). The van der Waals surface area contributed by atoms with Crippen LogP contribution >= 0.6 is 0 Å². The Kier molecular flexibility index (Phi) is 3.06. The van der Waals surface area contributed by atoms with Gasteiger partial charge in [-0.2, -0.15) is 0 Å². The second-order valence-electron chi connectivity index (χ2n) is 4.37. The highest BCUT2D eigenvalue weighted by Crippen LogP contribution is 2.27. The van der Waals surface area contributed by atoms with Gasteiger partial charge in [-0.25, -0.2) is 0 Å². The van der Waals surface area contributed by atoms with E-state index in [9.17, 15) is 9.90 Å². The van der Waals surface area contributed by atoms with E-state index >= 15 is 0 Å². The number of phenolic OH excluding ortho intramolecular Hbond substituents is 1. The number of nitrogen functional groups attached to an aromatic ring is 1. The quantitative estimate of drug-likeness (QED) is 0.627. The molecule has 0 saturated heterocycles. The van der Waals surface area contributed by atoms with E-state index in [0.29, 0.717) is 22.4 Å². The molecular formula is C15H15NO2. The zero-order valence-electron chi connectivity index (χ0n) is 10.4. The SMILES string of the molecule is Cc1ccc(C)c(C(=O)c2ccc(N)cc2)c1O. The molecule has 0 aliphatic rings. The maximum atomic E-state index is 12.4. The number of carbonyl (C=O) groups is 1. The van der Waals surface area contributed by atoms with Crippen LogP contribution < -0.4 is 5.73 Å². The first-order valence-electron chi connectivity index (χ1n) is 5.70. The van der Waals surface area contributed by atoms with Crippen molar-refractivity contribution in [2.24, 2.45) is 0 Å². The first kappa shape index (κ1) is 12.2. The predicted octanol–water partition coefficient (Wildman–Crippen LogP) is 2.82. The average molecular weight is 241 g/mol. The molecule has 3 N–H and O–H groups in total. The molecule has 0 bridgehead atoms. The topological polar surface area (TPSA) is 63.3 Å². The lowest BCUT2D eigenvalue weighted by Gasteiger charge is -2.10. The average Bonchev–Trinajstić information content (AvgIpc) is 2.35. The number of phenols is 1. The zero-order valence-corrected chi connectivity index (χ0v) is 10.4. The van der Waals surface area contributed by atoms with Gasteiger partial charge in [-0.15, -0.1) is 0 Å². The van der Waals surface area contributed by atoms with Gasteiger partial charge in [-0.1, -0.05) is 12.1 Å². The van der Waals surface area contributed by atoms with Crippen molar-refractivity contribution >= 4 is 11.5 Å². The molecule has 3 nitrogen and oxygen atoms in total. The van der Waals surface area contributed by atoms with E-state index in [2.05, 4.69) is 0 Å². The molecule has 92 valence electrons. The van der Waals surface area contributed by atoms with Crippen LogP contribution in [0.4, 0.5) is 5.69 Å². The third kappa shape index (κ3) is 2.07. The Balaban J connectivity index is 2.52. The van der Waals surface area contributed by atoms with E-state index in [-0.39, 0.29) is 11.5 Å². The normalized spacial score (nSPS) is 10.3. The number of anilines is 1. The highest BCUT2D eigenvalue weighted by Gasteiger charge is 2.17. The van der Waals surface area contributed by atoms with Gasteiger partial charge in [0.1, 0.15) is 5.75 Å². The molecule has 0 amide bonds. The summed E-state index contributed by atoms with van der Waals surface area (Å²) in [7, 11) is 0. The number of nitrogens with two attached hydrogens (primary N) is 1. The van der Waals surface area contributed by atoms with Crippen LogP contribution in [0.3, 0.4) is 0 Å². The summed E-state index contributed by atoms with van der Waals surface area (Å²) >= 11 is 0. The van der Waals surface area contributed by atoms with E-state index in [4.69, 9.17) is 5.73 Å². The van der Waals surface area contributed by atoms with Crippen LogP contribution in [-0.4, -0.2) is 10.9 Å². The smallest absolute Gasteiger partial charge is 0.197 e.